The van der Waals surface area contributed by atoms with E-state index in [1.54, 1.807) is 18.2 Å². The smallest absolute Gasteiger partial charge is 0.255 e. The van der Waals surface area contributed by atoms with Gasteiger partial charge in [0.05, 0.1) is 24.8 Å². The minimum Gasteiger partial charge on any atom is -0.497 e. The Hall–Kier alpha value is -2.10. The highest BCUT2D eigenvalue weighted by Crippen LogP contribution is 2.30. The molecule has 0 bridgehead atoms. The van der Waals surface area contributed by atoms with E-state index in [1.807, 2.05) is 0 Å². The van der Waals surface area contributed by atoms with Crippen LogP contribution in [-0.4, -0.2) is 46.9 Å². The molecule has 0 aliphatic heterocycles. The third-order valence-electron chi connectivity index (χ3n) is 3.61. The molecule has 0 fully saturated rings. The Kier molecular flexibility index (Phi) is 6.27. The van der Waals surface area contributed by atoms with Gasteiger partial charge >= 0.3 is 0 Å². The second-order valence-corrected chi connectivity index (χ2v) is 8.43. The van der Waals surface area contributed by atoms with Crippen LogP contribution in [0.3, 0.4) is 0 Å². The van der Waals surface area contributed by atoms with Crippen molar-refractivity contribution in [2.45, 2.75) is 4.90 Å². The first-order chi connectivity index (χ1) is 12.2. The van der Waals surface area contributed by atoms with Gasteiger partial charge in [-0.05, 0) is 46.3 Å². The summed E-state index contributed by atoms with van der Waals surface area (Å²) in [6.07, 6.45) is 0. The van der Waals surface area contributed by atoms with Gasteiger partial charge in [-0.1, -0.05) is 0 Å². The summed E-state index contributed by atoms with van der Waals surface area (Å²) in [6, 6.07) is 9.36. The number of nitrogens with zero attached hydrogens (tertiary/aromatic N) is 1. The predicted octanol–water partition coefficient (Wildman–Crippen LogP) is 2.97. The number of rotatable bonds is 6. The van der Waals surface area contributed by atoms with Crippen LogP contribution >= 0.6 is 15.9 Å². The van der Waals surface area contributed by atoms with E-state index in [0.29, 0.717) is 21.7 Å². The van der Waals surface area contributed by atoms with Gasteiger partial charge in [0, 0.05) is 30.2 Å². The predicted molar refractivity (Wildman–Crippen MR) is 103 cm³/mol. The average Bonchev–Trinajstić information content (AvgIpc) is 2.61. The molecule has 2 rings (SSSR count). The maximum atomic E-state index is 12.6. The number of methoxy groups -OCH3 is 2. The number of hydrogen-bond donors (Lipinski definition) is 1. The second-order valence-electron chi connectivity index (χ2n) is 5.45. The zero-order chi connectivity index (χ0) is 19.5. The standard InChI is InChI=1S/C17H19BrN2O5S/c1-20(2)26(22,23)16-9-11(5-7-13(16)18)17(21)19-14-10-12(24-3)6-8-15(14)25-4/h5-10H,1-4H3,(H,19,21). The van der Waals surface area contributed by atoms with Gasteiger partial charge in [-0.25, -0.2) is 12.7 Å². The Bertz CT molecular complexity index is 929. The molecule has 2 aromatic rings. The molecule has 140 valence electrons. The highest BCUT2D eigenvalue weighted by molar-refractivity contribution is 9.10. The molecule has 0 saturated carbocycles. The summed E-state index contributed by atoms with van der Waals surface area (Å²) in [7, 11) is 2.15. The van der Waals surface area contributed by atoms with Gasteiger partial charge in [0.15, 0.2) is 0 Å². The normalized spacial score (nSPS) is 11.3. The largest absolute Gasteiger partial charge is 0.497 e. The molecule has 7 nitrogen and oxygen atoms in total. The van der Waals surface area contributed by atoms with Crippen LogP contribution in [0.1, 0.15) is 10.4 Å². The molecule has 0 aliphatic carbocycles. The molecule has 0 heterocycles. The van der Waals surface area contributed by atoms with Crippen LogP contribution < -0.4 is 14.8 Å². The first-order valence-electron chi connectivity index (χ1n) is 7.46. The van der Waals surface area contributed by atoms with Gasteiger partial charge in [0.1, 0.15) is 11.5 Å². The van der Waals surface area contributed by atoms with E-state index < -0.39 is 15.9 Å². The Morgan fingerprint density at radius 3 is 2.35 bits per heavy atom. The summed E-state index contributed by atoms with van der Waals surface area (Å²) in [5, 5.41) is 2.71. The summed E-state index contributed by atoms with van der Waals surface area (Å²) in [6.45, 7) is 0. The third kappa shape index (κ3) is 4.17. The summed E-state index contributed by atoms with van der Waals surface area (Å²) in [4.78, 5) is 12.6. The van der Waals surface area contributed by atoms with Crippen molar-refractivity contribution in [2.24, 2.45) is 0 Å². The molecule has 0 unspecified atom stereocenters. The van der Waals surface area contributed by atoms with E-state index in [1.165, 1.54) is 46.5 Å². The van der Waals surface area contributed by atoms with Gasteiger partial charge in [-0.15, -0.1) is 0 Å². The number of anilines is 1. The monoisotopic (exact) mass is 442 g/mol. The third-order valence-corrected chi connectivity index (χ3v) is 6.42. The van der Waals surface area contributed by atoms with Crippen molar-refractivity contribution in [3.8, 4) is 11.5 Å². The van der Waals surface area contributed by atoms with Gasteiger partial charge < -0.3 is 14.8 Å². The molecule has 0 spiro atoms. The highest BCUT2D eigenvalue weighted by atomic mass is 79.9. The van der Waals surface area contributed by atoms with Crippen LogP contribution in [0.2, 0.25) is 0 Å². The van der Waals surface area contributed by atoms with Crippen LogP contribution in [0, 0.1) is 0 Å². The van der Waals surface area contributed by atoms with Crippen LogP contribution in [0.15, 0.2) is 45.8 Å². The average molecular weight is 443 g/mol. The lowest BCUT2D eigenvalue weighted by molar-refractivity contribution is 0.102. The lowest BCUT2D eigenvalue weighted by Crippen LogP contribution is -2.23. The van der Waals surface area contributed by atoms with Crippen molar-refractivity contribution in [3.05, 3.63) is 46.4 Å². The van der Waals surface area contributed by atoms with Gasteiger partial charge in [0.25, 0.3) is 5.91 Å². The molecule has 1 amide bonds. The molecule has 0 aliphatic rings. The topological polar surface area (TPSA) is 84.9 Å². The molecular formula is C17H19BrN2O5S. The zero-order valence-corrected chi connectivity index (χ0v) is 17.1. The minimum atomic E-state index is -3.70. The van der Waals surface area contributed by atoms with Crippen molar-refractivity contribution in [1.82, 2.24) is 4.31 Å². The van der Waals surface area contributed by atoms with E-state index in [4.69, 9.17) is 9.47 Å². The summed E-state index contributed by atoms with van der Waals surface area (Å²) in [5.41, 5.74) is 0.607. The number of hydrogen-bond acceptors (Lipinski definition) is 5. The fraction of sp³-hybridized carbons (Fsp3) is 0.235. The van der Waals surface area contributed by atoms with Crippen LogP contribution in [0.25, 0.3) is 0 Å². The first kappa shape index (κ1) is 20.2. The van der Waals surface area contributed by atoms with Crippen LogP contribution in [0.5, 0.6) is 11.5 Å². The quantitative estimate of drug-likeness (QED) is 0.742. The highest BCUT2D eigenvalue weighted by Gasteiger charge is 2.22. The Balaban J connectivity index is 2.40. The summed E-state index contributed by atoms with van der Waals surface area (Å²) < 4.78 is 36.6. The fourth-order valence-corrected chi connectivity index (χ4v) is 3.99. The van der Waals surface area contributed by atoms with E-state index in [-0.39, 0.29) is 10.5 Å². The van der Waals surface area contributed by atoms with Crippen LogP contribution in [0.4, 0.5) is 5.69 Å². The Morgan fingerprint density at radius 1 is 1.08 bits per heavy atom. The molecule has 2 aromatic carbocycles. The summed E-state index contributed by atoms with van der Waals surface area (Å²) >= 11 is 3.22. The second kappa shape index (κ2) is 8.07. The number of nitrogens with one attached hydrogen (secondary N) is 1. The number of halogens is 1. The Morgan fingerprint density at radius 2 is 1.77 bits per heavy atom. The first-order valence-corrected chi connectivity index (χ1v) is 9.69. The molecule has 0 radical (unpaired) electrons. The van der Waals surface area contributed by atoms with Gasteiger partial charge in [-0.3, -0.25) is 4.79 Å². The number of carbonyl (C=O) groups excluding carboxylic acids is 1. The van der Waals surface area contributed by atoms with Crippen molar-refractivity contribution in [2.75, 3.05) is 33.6 Å². The van der Waals surface area contributed by atoms with Gasteiger partial charge in [0.2, 0.25) is 10.0 Å². The molecule has 1 N–H and O–H groups in total. The number of carbonyl (C=O) groups is 1. The van der Waals surface area contributed by atoms with Gasteiger partial charge in [-0.2, -0.15) is 0 Å². The number of amides is 1. The van der Waals surface area contributed by atoms with Crippen LogP contribution in [-0.2, 0) is 10.0 Å². The maximum absolute atomic E-state index is 12.6. The molecule has 0 aromatic heterocycles. The van der Waals surface area contributed by atoms with E-state index >= 15 is 0 Å². The molecular weight excluding hydrogens is 424 g/mol. The molecule has 9 heteroatoms. The van der Waals surface area contributed by atoms with Crippen molar-refractivity contribution >= 4 is 37.5 Å². The molecule has 0 atom stereocenters. The van der Waals surface area contributed by atoms with E-state index in [9.17, 15) is 13.2 Å². The minimum absolute atomic E-state index is 0.00718. The number of ether oxygens (including phenoxy) is 2. The zero-order valence-electron chi connectivity index (χ0n) is 14.7. The van der Waals surface area contributed by atoms with Crippen molar-refractivity contribution < 1.29 is 22.7 Å². The molecule has 0 saturated heterocycles. The molecule has 26 heavy (non-hydrogen) atoms. The summed E-state index contributed by atoms with van der Waals surface area (Å²) in [5.74, 6) is 0.532. The SMILES string of the molecule is COc1ccc(OC)c(NC(=O)c2ccc(Br)c(S(=O)(=O)N(C)C)c2)c1. The fourth-order valence-electron chi connectivity index (χ4n) is 2.15. The van der Waals surface area contributed by atoms with Crippen molar-refractivity contribution in [3.63, 3.8) is 0 Å². The van der Waals surface area contributed by atoms with Crippen molar-refractivity contribution in [1.29, 1.82) is 0 Å². The van der Waals surface area contributed by atoms with E-state index in [0.717, 1.165) is 4.31 Å². The number of benzene rings is 2. The maximum Gasteiger partial charge on any atom is 0.255 e. The Labute approximate surface area is 161 Å². The number of sulfonamides is 1. The lowest BCUT2D eigenvalue weighted by atomic mass is 10.2. The van der Waals surface area contributed by atoms with E-state index in [2.05, 4.69) is 21.2 Å². The lowest BCUT2D eigenvalue weighted by Gasteiger charge is -2.15.